The zero-order chi connectivity index (χ0) is 22.0. The maximum absolute atomic E-state index is 12.5. The van der Waals surface area contributed by atoms with Crippen LogP contribution >= 0.6 is 22.9 Å². The van der Waals surface area contributed by atoms with Gasteiger partial charge >= 0.3 is 6.61 Å². The topological polar surface area (TPSA) is 78.3 Å². The standard InChI is InChI=1S/C20H15ClF2N4O3S/c1-11-8-12(21)2-5-16(11)29-10-27-7-6-15(26-27)18(28)25-20-24-14-4-3-13(30-19(22)23)9-17(14)31-20/h2-9,19H,10H2,1H3,(H,24,25,28). The number of nitrogens with zero attached hydrogens (tertiary/aromatic N) is 3. The largest absolute Gasteiger partial charge is 0.471 e. The van der Waals surface area contributed by atoms with E-state index in [1.165, 1.54) is 16.8 Å². The molecule has 0 aliphatic rings. The van der Waals surface area contributed by atoms with Crippen LogP contribution in [0.3, 0.4) is 0 Å². The highest BCUT2D eigenvalue weighted by atomic mass is 35.5. The number of alkyl halides is 2. The highest BCUT2D eigenvalue weighted by molar-refractivity contribution is 7.22. The van der Waals surface area contributed by atoms with E-state index < -0.39 is 12.5 Å². The fourth-order valence-corrected chi connectivity index (χ4v) is 3.88. The molecule has 1 N–H and O–H groups in total. The number of halogens is 3. The summed E-state index contributed by atoms with van der Waals surface area (Å²) < 4.78 is 36.9. The van der Waals surface area contributed by atoms with Crippen molar-refractivity contribution in [2.45, 2.75) is 20.3 Å². The van der Waals surface area contributed by atoms with Gasteiger partial charge in [0.15, 0.2) is 17.6 Å². The first kappa shape index (κ1) is 21.0. The smallest absolute Gasteiger partial charge is 0.387 e. The summed E-state index contributed by atoms with van der Waals surface area (Å²) in [5.74, 6) is 0.235. The molecule has 4 rings (SSSR count). The summed E-state index contributed by atoms with van der Waals surface area (Å²) in [5, 5.41) is 7.79. The second-order valence-electron chi connectivity index (χ2n) is 6.40. The van der Waals surface area contributed by atoms with Gasteiger partial charge in [0.05, 0.1) is 10.2 Å². The molecule has 0 fully saturated rings. The monoisotopic (exact) mass is 464 g/mol. The molecule has 2 aromatic heterocycles. The van der Waals surface area contributed by atoms with Crippen molar-refractivity contribution in [1.29, 1.82) is 0 Å². The molecule has 0 atom stereocenters. The summed E-state index contributed by atoms with van der Waals surface area (Å²) in [6.07, 6.45) is 1.62. The SMILES string of the molecule is Cc1cc(Cl)ccc1OCn1ccc(C(=O)Nc2nc3ccc(OC(F)F)cc3s2)n1. The predicted molar refractivity (Wildman–Crippen MR) is 113 cm³/mol. The van der Waals surface area contributed by atoms with Crippen molar-refractivity contribution in [1.82, 2.24) is 14.8 Å². The molecule has 0 unspecified atom stereocenters. The molecule has 7 nitrogen and oxygen atoms in total. The van der Waals surface area contributed by atoms with Crippen LogP contribution in [0, 0.1) is 6.92 Å². The molecule has 0 bridgehead atoms. The molecule has 0 saturated heterocycles. The number of nitrogens with one attached hydrogen (secondary N) is 1. The lowest BCUT2D eigenvalue weighted by molar-refractivity contribution is -0.0497. The first-order valence-electron chi connectivity index (χ1n) is 8.96. The summed E-state index contributed by atoms with van der Waals surface area (Å²) >= 11 is 7.07. The van der Waals surface area contributed by atoms with Crippen molar-refractivity contribution in [3.8, 4) is 11.5 Å². The number of benzene rings is 2. The minimum Gasteiger partial charge on any atom is -0.471 e. The van der Waals surface area contributed by atoms with Gasteiger partial charge in [-0.05, 0) is 55.0 Å². The van der Waals surface area contributed by atoms with Gasteiger partial charge in [0.1, 0.15) is 11.5 Å². The maximum atomic E-state index is 12.5. The van der Waals surface area contributed by atoms with Crippen molar-refractivity contribution in [3.05, 3.63) is 64.9 Å². The predicted octanol–water partition coefficient (Wildman–Crippen LogP) is 5.34. The summed E-state index contributed by atoms with van der Waals surface area (Å²) in [6, 6.07) is 11.2. The van der Waals surface area contributed by atoms with Crippen LogP contribution in [0.5, 0.6) is 11.5 Å². The number of aryl methyl sites for hydroxylation is 1. The Balaban J connectivity index is 1.40. The van der Waals surface area contributed by atoms with Gasteiger partial charge in [0, 0.05) is 11.2 Å². The molecular formula is C20H15ClF2N4O3S. The number of aromatic nitrogens is 3. The van der Waals surface area contributed by atoms with Crippen LogP contribution in [-0.4, -0.2) is 27.3 Å². The lowest BCUT2D eigenvalue weighted by Gasteiger charge is -2.09. The van der Waals surface area contributed by atoms with Gasteiger partial charge in [-0.15, -0.1) is 0 Å². The van der Waals surface area contributed by atoms with E-state index in [2.05, 4.69) is 20.1 Å². The molecular weight excluding hydrogens is 450 g/mol. The third kappa shape index (κ3) is 5.09. The van der Waals surface area contributed by atoms with E-state index >= 15 is 0 Å². The van der Waals surface area contributed by atoms with Crippen LogP contribution in [0.15, 0.2) is 48.7 Å². The molecule has 4 aromatic rings. The lowest BCUT2D eigenvalue weighted by atomic mass is 10.2. The number of carbonyl (C=O) groups is 1. The van der Waals surface area contributed by atoms with E-state index in [9.17, 15) is 13.6 Å². The van der Waals surface area contributed by atoms with E-state index in [0.717, 1.165) is 16.9 Å². The number of anilines is 1. The first-order chi connectivity index (χ1) is 14.9. The second-order valence-corrected chi connectivity index (χ2v) is 7.87. The number of ether oxygens (including phenoxy) is 2. The molecule has 160 valence electrons. The summed E-state index contributed by atoms with van der Waals surface area (Å²) in [6.45, 7) is -0.916. The van der Waals surface area contributed by atoms with Crippen molar-refractivity contribution in [2.75, 3.05) is 5.32 Å². The Hall–Kier alpha value is -3.24. The van der Waals surface area contributed by atoms with Gasteiger partial charge in [-0.1, -0.05) is 22.9 Å². The van der Waals surface area contributed by atoms with Gasteiger partial charge in [0.2, 0.25) is 0 Å². The zero-order valence-corrected chi connectivity index (χ0v) is 17.6. The van der Waals surface area contributed by atoms with E-state index in [0.29, 0.717) is 26.1 Å². The average molecular weight is 465 g/mol. The van der Waals surface area contributed by atoms with Crippen molar-refractivity contribution in [3.63, 3.8) is 0 Å². The van der Waals surface area contributed by atoms with Gasteiger partial charge < -0.3 is 9.47 Å². The number of carbonyl (C=O) groups excluding carboxylic acids is 1. The number of amides is 1. The Labute approximate surface area is 184 Å². The van der Waals surface area contributed by atoms with Crippen LogP contribution in [0.2, 0.25) is 5.02 Å². The Kier molecular flexibility index (Phi) is 6.01. The lowest BCUT2D eigenvalue weighted by Crippen LogP contribution is -2.14. The normalized spacial score (nSPS) is 11.1. The average Bonchev–Trinajstić information content (AvgIpc) is 3.33. The van der Waals surface area contributed by atoms with Gasteiger partial charge in [-0.3, -0.25) is 10.1 Å². The Morgan fingerprint density at radius 1 is 1.26 bits per heavy atom. The molecule has 31 heavy (non-hydrogen) atoms. The Bertz CT molecular complexity index is 1240. The number of thiazole rings is 1. The third-order valence-corrected chi connectivity index (χ3v) is 5.34. The number of rotatable bonds is 7. The minimum atomic E-state index is -2.91. The molecule has 0 aliphatic carbocycles. The highest BCUT2D eigenvalue weighted by Crippen LogP contribution is 2.30. The summed E-state index contributed by atoms with van der Waals surface area (Å²) in [7, 11) is 0. The zero-order valence-electron chi connectivity index (χ0n) is 16.0. The molecule has 2 heterocycles. The maximum Gasteiger partial charge on any atom is 0.387 e. The highest BCUT2D eigenvalue weighted by Gasteiger charge is 2.14. The molecule has 0 aliphatic heterocycles. The summed E-state index contributed by atoms with van der Waals surface area (Å²) in [5.41, 5.74) is 1.62. The third-order valence-electron chi connectivity index (χ3n) is 4.17. The number of fused-ring (bicyclic) bond motifs is 1. The van der Waals surface area contributed by atoms with Crippen LogP contribution in [0.1, 0.15) is 16.1 Å². The van der Waals surface area contributed by atoms with E-state index in [1.54, 1.807) is 36.5 Å². The fraction of sp³-hybridized carbons (Fsp3) is 0.150. The van der Waals surface area contributed by atoms with Crippen molar-refractivity contribution < 1.29 is 23.0 Å². The molecule has 2 aromatic carbocycles. The fourth-order valence-electron chi connectivity index (χ4n) is 2.76. The van der Waals surface area contributed by atoms with Crippen LogP contribution in [0.4, 0.5) is 13.9 Å². The minimum absolute atomic E-state index is 0.0266. The van der Waals surface area contributed by atoms with E-state index in [-0.39, 0.29) is 18.2 Å². The summed E-state index contributed by atoms with van der Waals surface area (Å²) in [4.78, 5) is 16.8. The van der Waals surface area contributed by atoms with Crippen LogP contribution < -0.4 is 14.8 Å². The molecule has 1 amide bonds. The molecule has 0 saturated carbocycles. The van der Waals surface area contributed by atoms with Crippen molar-refractivity contribution in [2.24, 2.45) is 0 Å². The molecule has 11 heteroatoms. The Morgan fingerprint density at radius 3 is 2.87 bits per heavy atom. The second kappa shape index (κ2) is 8.86. The number of hydrogen-bond donors (Lipinski definition) is 1. The van der Waals surface area contributed by atoms with Crippen LogP contribution in [-0.2, 0) is 6.73 Å². The van der Waals surface area contributed by atoms with E-state index in [4.69, 9.17) is 16.3 Å². The first-order valence-corrected chi connectivity index (χ1v) is 10.2. The molecule has 0 spiro atoms. The van der Waals surface area contributed by atoms with Gasteiger partial charge in [-0.25, -0.2) is 9.67 Å². The quantitative estimate of drug-likeness (QED) is 0.399. The van der Waals surface area contributed by atoms with Gasteiger partial charge in [-0.2, -0.15) is 13.9 Å². The number of hydrogen-bond acceptors (Lipinski definition) is 6. The van der Waals surface area contributed by atoms with Crippen LogP contribution in [0.25, 0.3) is 10.2 Å². The van der Waals surface area contributed by atoms with E-state index in [1.807, 2.05) is 6.92 Å². The Morgan fingerprint density at radius 2 is 2.10 bits per heavy atom. The van der Waals surface area contributed by atoms with Gasteiger partial charge in [0.25, 0.3) is 5.91 Å². The molecule has 0 radical (unpaired) electrons. The van der Waals surface area contributed by atoms with Crippen molar-refractivity contribution >= 4 is 44.2 Å².